The van der Waals surface area contributed by atoms with Gasteiger partial charge in [0.15, 0.2) is 0 Å². The van der Waals surface area contributed by atoms with Crippen LogP contribution in [0.5, 0.6) is 0 Å². The number of hydrogen-bond donors (Lipinski definition) is 1. The molecule has 0 saturated carbocycles. The van der Waals surface area contributed by atoms with Crippen LogP contribution in [0.25, 0.3) is 5.78 Å². The van der Waals surface area contributed by atoms with Gasteiger partial charge in [-0.3, -0.25) is 14.1 Å². The highest BCUT2D eigenvalue weighted by atomic mass is 16.4. The van der Waals surface area contributed by atoms with Gasteiger partial charge in [-0.25, -0.2) is 9.97 Å². The molecule has 1 atom stereocenters. The maximum atomic E-state index is 11.1. The van der Waals surface area contributed by atoms with Crippen molar-refractivity contribution in [2.45, 2.75) is 25.4 Å². The minimum atomic E-state index is -0.741. The number of imidazole rings is 1. The Morgan fingerprint density at radius 2 is 2.44 bits per heavy atom. The second-order valence-corrected chi connectivity index (χ2v) is 4.53. The summed E-state index contributed by atoms with van der Waals surface area (Å²) in [5.41, 5.74) is 0.863. The molecule has 0 amide bonds. The fourth-order valence-corrected chi connectivity index (χ4v) is 2.46. The summed E-state index contributed by atoms with van der Waals surface area (Å²) in [6.45, 7) is 1.39. The zero-order chi connectivity index (χ0) is 12.5. The summed E-state index contributed by atoms with van der Waals surface area (Å²) in [4.78, 5) is 21.6. The molecule has 2 aromatic rings. The number of fused-ring (bicyclic) bond motifs is 1. The molecule has 2 aromatic heterocycles. The second kappa shape index (κ2) is 4.38. The normalized spacial score (nSPS) is 20.6. The van der Waals surface area contributed by atoms with E-state index in [1.54, 1.807) is 6.20 Å². The summed E-state index contributed by atoms with van der Waals surface area (Å²) in [6, 6.07) is 1.47. The summed E-state index contributed by atoms with van der Waals surface area (Å²) in [6.07, 6.45) is 7.14. The highest BCUT2D eigenvalue weighted by Crippen LogP contribution is 2.19. The second-order valence-electron chi connectivity index (χ2n) is 4.53. The van der Waals surface area contributed by atoms with E-state index < -0.39 is 5.97 Å². The monoisotopic (exact) mass is 246 g/mol. The van der Waals surface area contributed by atoms with Gasteiger partial charge in [-0.05, 0) is 25.5 Å². The van der Waals surface area contributed by atoms with Gasteiger partial charge in [0.1, 0.15) is 6.04 Å². The van der Waals surface area contributed by atoms with E-state index in [0.717, 1.165) is 25.1 Å². The van der Waals surface area contributed by atoms with Crippen LogP contribution in [-0.2, 0) is 11.3 Å². The van der Waals surface area contributed by atoms with E-state index in [9.17, 15) is 4.79 Å². The maximum absolute atomic E-state index is 11.1. The predicted molar refractivity (Wildman–Crippen MR) is 64.1 cm³/mol. The lowest BCUT2D eigenvalue weighted by molar-refractivity contribution is -0.142. The Balaban J connectivity index is 1.81. The summed E-state index contributed by atoms with van der Waals surface area (Å²) < 4.78 is 1.85. The molecular formula is C12H14N4O2. The van der Waals surface area contributed by atoms with Gasteiger partial charge in [-0.15, -0.1) is 0 Å². The van der Waals surface area contributed by atoms with Gasteiger partial charge in [0.05, 0.1) is 5.69 Å². The van der Waals surface area contributed by atoms with Crippen LogP contribution in [0.4, 0.5) is 0 Å². The van der Waals surface area contributed by atoms with Crippen molar-refractivity contribution in [1.29, 1.82) is 0 Å². The number of rotatable bonds is 3. The van der Waals surface area contributed by atoms with Crippen LogP contribution in [0.15, 0.2) is 24.7 Å². The van der Waals surface area contributed by atoms with E-state index in [2.05, 4.69) is 9.97 Å². The van der Waals surface area contributed by atoms with Crippen LogP contribution in [0, 0.1) is 0 Å². The molecule has 6 heteroatoms. The standard InChI is InChI=1S/C12H14N4O2/c17-11(18)10-3-1-5-15(10)7-9-8-16-6-2-4-13-12(16)14-9/h2,4,6,8,10H,1,3,5,7H2,(H,17,18). The molecule has 0 radical (unpaired) electrons. The van der Waals surface area contributed by atoms with E-state index in [1.165, 1.54) is 0 Å². The first-order chi connectivity index (χ1) is 8.74. The maximum Gasteiger partial charge on any atom is 0.320 e. The molecule has 1 saturated heterocycles. The molecule has 1 fully saturated rings. The fraction of sp³-hybridized carbons (Fsp3) is 0.417. The fourth-order valence-electron chi connectivity index (χ4n) is 2.46. The van der Waals surface area contributed by atoms with Crippen LogP contribution in [-0.4, -0.2) is 42.9 Å². The van der Waals surface area contributed by atoms with E-state index in [-0.39, 0.29) is 6.04 Å². The van der Waals surface area contributed by atoms with Gasteiger partial charge in [0.2, 0.25) is 5.78 Å². The third-order valence-corrected chi connectivity index (χ3v) is 3.30. The van der Waals surface area contributed by atoms with Crippen LogP contribution in [0.2, 0.25) is 0 Å². The van der Waals surface area contributed by atoms with Crippen LogP contribution < -0.4 is 0 Å². The highest BCUT2D eigenvalue weighted by molar-refractivity contribution is 5.73. The first-order valence-electron chi connectivity index (χ1n) is 5.99. The molecule has 0 bridgehead atoms. The third kappa shape index (κ3) is 1.95. The Hall–Kier alpha value is -1.95. The summed E-state index contributed by atoms with van der Waals surface area (Å²) >= 11 is 0. The van der Waals surface area contributed by atoms with Crippen molar-refractivity contribution in [1.82, 2.24) is 19.3 Å². The zero-order valence-electron chi connectivity index (χ0n) is 9.86. The topological polar surface area (TPSA) is 70.7 Å². The smallest absolute Gasteiger partial charge is 0.320 e. The molecule has 3 heterocycles. The number of carbonyl (C=O) groups is 1. The first-order valence-corrected chi connectivity index (χ1v) is 5.99. The van der Waals surface area contributed by atoms with Crippen molar-refractivity contribution in [2.24, 2.45) is 0 Å². The number of aromatic nitrogens is 3. The minimum Gasteiger partial charge on any atom is -0.480 e. The molecule has 1 unspecified atom stereocenters. The van der Waals surface area contributed by atoms with Gasteiger partial charge >= 0.3 is 5.97 Å². The lowest BCUT2D eigenvalue weighted by Crippen LogP contribution is -2.35. The Kier molecular flexibility index (Phi) is 2.71. The molecule has 1 aliphatic heterocycles. The predicted octanol–water partition coefficient (Wildman–Crippen LogP) is 0.778. The molecular weight excluding hydrogens is 232 g/mol. The number of aliphatic carboxylic acids is 1. The van der Waals surface area contributed by atoms with Crippen LogP contribution in [0.1, 0.15) is 18.5 Å². The first kappa shape index (κ1) is 11.2. The Bertz CT molecular complexity index is 547. The van der Waals surface area contributed by atoms with E-state index in [4.69, 9.17) is 5.11 Å². The quantitative estimate of drug-likeness (QED) is 0.866. The highest BCUT2D eigenvalue weighted by Gasteiger charge is 2.30. The summed E-state index contributed by atoms with van der Waals surface area (Å²) in [7, 11) is 0. The summed E-state index contributed by atoms with van der Waals surface area (Å²) in [5.74, 6) is -0.0899. The number of carboxylic acids is 1. The molecule has 1 aliphatic rings. The van der Waals surface area contributed by atoms with Crippen molar-refractivity contribution in [3.63, 3.8) is 0 Å². The lowest BCUT2D eigenvalue weighted by atomic mass is 10.2. The summed E-state index contributed by atoms with van der Waals surface area (Å²) in [5, 5.41) is 9.12. The zero-order valence-corrected chi connectivity index (χ0v) is 9.86. The molecule has 0 aromatic carbocycles. The molecule has 94 valence electrons. The van der Waals surface area contributed by atoms with Gasteiger partial charge in [0, 0.05) is 25.1 Å². The number of likely N-dealkylation sites (tertiary alicyclic amines) is 1. The van der Waals surface area contributed by atoms with E-state index in [1.807, 2.05) is 27.8 Å². The molecule has 6 nitrogen and oxygen atoms in total. The van der Waals surface area contributed by atoms with Gasteiger partial charge in [0.25, 0.3) is 0 Å². The minimum absolute atomic E-state index is 0.372. The van der Waals surface area contributed by atoms with Crippen molar-refractivity contribution in [3.8, 4) is 0 Å². The van der Waals surface area contributed by atoms with Crippen LogP contribution in [0.3, 0.4) is 0 Å². The number of hydrogen-bond acceptors (Lipinski definition) is 4. The Morgan fingerprint density at radius 3 is 3.22 bits per heavy atom. The van der Waals surface area contributed by atoms with E-state index >= 15 is 0 Å². The number of nitrogens with zero attached hydrogens (tertiary/aromatic N) is 4. The largest absolute Gasteiger partial charge is 0.480 e. The third-order valence-electron chi connectivity index (χ3n) is 3.30. The van der Waals surface area contributed by atoms with Gasteiger partial charge in [-0.2, -0.15) is 0 Å². The van der Waals surface area contributed by atoms with Crippen molar-refractivity contribution in [3.05, 3.63) is 30.4 Å². The molecule has 3 rings (SSSR count). The Labute approximate surface area is 104 Å². The average molecular weight is 246 g/mol. The Morgan fingerprint density at radius 1 is 1.56 bits per heavy atom. The van der Waals surface area contributed by atoms with E-state index in [0.29, 0.717) is 12.3 Å². The molecule has 1 N–H and O–H groups in total. The van der Waals surface area contributed by atoms with Crippen molar-refractivity contribution < 1.29 is 9.90 Å². The SMILES string of the molecule is O=C(O)C1CCCN1Cc1cn2cccnc2n1. The van der Waals surface area contributed by atoms with Gasteiger partial charge in [-0.1, -0.05) is 0 Å². The van der Waals surface area contributed by atoms with Crippen molar-refractivity contribution >= 4 is 11.7 Å². The average Bonchev–Trinajstić information content (AvgIpc) is 2.94. The number of carboxylic acid groups (broad SMARTS) is 1. The van der Waals surface area contributed by atoms with Crippen LogP contribution >= 0.6 is 0 Å². The molecule has 0 spiro atoms. The van der Waals surface area contributed by atoms with Crippen molar-refractivity contribution in [2.75, 3.05) is 6.54 Å². The molecule has 18 heavy (non-hydrogen) atoms. The molecule has 0 aliphatic carbocycles. The van der Waals surface area contributed by atoms with Gasteiger partial charge < -0.3 is 5.11 Å². The lowest BCUT2D eigenvalue weighted by Gasteiger charge is -2.19.